The molecule has 0 aromatic heterocycles. The first-order valence-corrected chi connectivity index (χ1v) is 5.69. The van der Waals surface area contributed by atoms with E-state index in [9.17, 15) is 9.59 Å². The maximum Gasteiger partial charge on any atom is 0.417 e. The van der Waals surface area contributed by atoms with Crippen LogP contribution in [0.3, 0.4) is 0 Å². The number of amides is 2. The van der Waals surface area contributed by atoms with Crippen LogP contribution in [0.5, 0.6) is 0 Å². The van der Waals surface area contributed by atoms with Gasteiger partial charge in [-0.3, -0.25) is 4.79 Å². The molecule has 0 aliphatic carbocycles. The van der Waals surface area contributed by atoms with Gasteiger partial charge in [0.25, 0.3) is 0 Å². The van der Waals surface area contributed by atoms with Crippen LogP contribution in [0.25, 0.3) is 0 Å². The van der Waals surface area contributed by atoms with Crippen LogP contribution in [-0.2, 0) is 16.0 Å². The van der Waals surface area contributed by atoms with E-state index < -0.39 is 12.0 Å². The van der Waals surface area contributed by atoms with Crippen molar-refractivity contribution in [3.05, 3.63) is 35.9 Å². The van der Waals surface area contributed by atoms with Crippen LogP contribution in [0.2, 0.25) is 0 Å². The molecule has 4 nitrogen and oxygen atoms in total. The Balaban J connectivity index is 2.14. The molecule has 4 heteroatoms. The van der Waals surface area contributed by atoms with Gasteiger partial charge >= 0.3 is 12.0 Å². The molecule has 1 heterocycles. The Kier molecular flexibility index (Phi) is 3.63. The zero-order valence-electron chi connectivity index (χ0n) is 10.1. The van der Waals surface area contributed by atoms with E-state index in [-0.39, 0.29) is 12.6 Å². The Morgan fingerprint density at radius 2 is 2.17 bits per heavy atom. The van der Waals surface area contributed by atoms with E-state index >= 15 is 0 Å². The summed E-state index contributed by atoms with van der Waals surface area (Å²) in [5, 5.41) is 0. The number of carbonyl (C=O) groups excluding carboxylic acids is 2. The van der Waals surface area contributed by atoms with E-state index in [4.69, 9.17) is 4.74 Å². The SMILES string of the molecule is CC#CC(=O)N1C(=O)OC[C@@H]1Cc1ccccc1. The largest absolute Gasteiger partial charge is 0.447 e. The lowest BCUT2D eigenvalue weighted by Crippen LogP contribution is -2.39. The highest BCUT2D eigenvalue weighted by Gasteiger charge is 2.37. The number of rotatable bonds is 2. The lowest BCUT2D eigenvalue weighted by atomic mass is 10.1. The molecule has 1 atom stereocenters. The molecule has 0 saturated carbocycles. The molecule has 2 amide bonds. The van der Waals surface area contributed by atoms with Crippen molar-refractivity contribution in [3.8, 4) is 11.8 Å². The minimum Gasteiger partial charge on any atom is -0.447 e. The predicted molar refractivity (Wildman–Crippen MR) is 65.6 cm³/mol. The predicted octanol–water partition coefficient (Wildman–Crippen LogP) is 1.60. The van der Waals surface area contributed by atoms with E-state index in [2.05, 4.69) is 11.8 Å². The number of hydrogen-bond acceptors (Lipinski definition) is 3. The zero-order valence-corrected chi connectivity index (χ0v) is 10.1. The summed E-state index contributed by atoms with van der Waals surface area (Å²) in [5.41, 5.74) is 1.06. The molecule has 18 heavy (non-hydrogen) atoms. The molecule has 1 aliphatic rings. The van der Waals surface area contributed by atoms with Gasteiger partial charge in [0.2, 0.25) is 0 Å². The highest BCUT2D eigenvalue weighted by Crippen LogP contribution is 2.17. The summed E-state index contributed by atoms with van der Waals surface area (Å²) in [6, 6.07) is 9.41. The molecule has 0 radical (unpaired) electrons. The standard InChI is InChI=1S/C14H13NO3/c1-2-6-13(16)15-12(10-18-14(15)17)9-11-7-4-3-5-8-11/h3-5,7-8,12H,9-10H2,1H3/t12-/m0/s1. The minimum atomic E-state index is -0.608. The van der Waals surface area contributed by atoms with Crippen molar-refractivity contribution in [2.45, 2.75) is 19.4 Å². The molecule has 0 unspecified atom stereocenters. The summed E-state index contributed by atoms with van der Waals surface area (Å²) >= 11 is 0. The van der Waals surface area contributed by atoms with Gasteiger partial charge < -0.3 is 4.74 Å². The van der Waals surface area contributed by atoms with Crippen LogP contribution >= 0.6 is 0 Å². The number of ether oxygens (including phenoxy) is 1. The first-order valence-electron chi connectivity index (χ1n) is 5.69. The van der Waals surface area contributed by atoms with Crippen molar-refractivity contribution in [3.63, 3.8) is 0 Å². The van der Waals surface area contributed by atoms with Crippen molar-refractivity contribution in [1.82, 2.24) is 4.90 Å². The topological polar surface area (TPSA) is 46.6 Å². The number of imide groups is 1. The maximum atomic E-state index is 11.7. The van der Waals surface area contributed by atoms with Crippen molar-refractivity contribution < 1.29 is 14.3 Å². The minimum absolute atomic E-state index is 0.227. The summed E-state index contributed by atoms with van der Waals surface area (Å²) in [7, 11) is 0. The van der Waals surface area contributed by atoms with Crippen LogP contribution in [0.4, 0.5) is 4.79 Å². The molecule has 1 aromatic rings. The maximum absolute atomic E-state index is 11.7. The van der Waals surface area contributed by atoms with Crippen LogP contribution < -0.4 is 0 Å². The first kappa shape index (κ1) is 12.2. The fourth-order valence-electron chi connectivity index (χ4n) is 1.91. The van der Waals surface area contributed by atoms with Crippen molar-refractivity contribution in [2.24, 2.45) is 0 Å². The van der Waals surface area contributed by atoms with Gasteiger partial charge in [0, 0.05) is 0 Å². The lowest BCUT2D eigenvalue weighted by molar-refractivity contribution is -0.123. The molecule has 1 aliphatic heterocycles. The number of cyclic esters (lactones) is 1. The van der Waals surface area contributed by atoms with Crippen LogP contribution in [0.15, 0.2) is 30.3 Å². The van der Waals surface area contributed by atoms with Crippen LogP contribution in [0, 0.1) is 11.8 Å². The Bertz CT molecular complexity index is 513. The molecular formula is C14H13NO3. The van der Waals surface area contributed by atoms with Crippen LogP contribution in [-0.4, -0.2) is 29.5 Å². The van der Waals surface area contributed by atoms with Crippen molar-refractivity contribution in [1.29, 1.82) is 0 Å². The molecule has 1 fully saturated rings. The number of carbonyl (C=O) groups is 2. The molecule has 0 N–H and O–H groups in total. The van der Waals surface area contributed by atoms with E-state index in [1.807, 2.05) is 30.3 Å². The average molecular weight is 243 g/mol. The summed E-state index contributed by atoms with van der Waals surface area (Å²) in [6.07, 6.45) is -0.0207. The number of nitrogens with zero attached hydrogens (tertiary/aromatic N) is 1. The third-order valence-corrected chi connectivity index (χ3v) is 2.73. The fraction of sp³-hybridized carbons (Fsp3) is 0.286. The highest BCUT2D eigenvalue weighted by atomic mass is 16.6. The second-order valence-corrected chi connectivity index (χ2v) is 3.97. The number of benzene rings is 1. The van der Waals surface area contributed by atoms with E-state index in [0.29, 0.717) is 6.42 Å². The molecule has 0 spiro atoms. The molecule has 1 aromatic carbocycles. The highest BCUT2D eigenvalue weighted by molar-refractivity contribution is 6.03. The second kappa shape index (κ2) is 5.37. The summed E-state index contributed by atoms with van der Waals surface area (Å²) < 4.78 is 4.92. The van der Waals surface area contributed by atoms with Crippen molar-refractivity contribution >= 4 is 12.0 Å². The van der Waals surface area contributed by atoms with Crippen molar-refractivity contribution in [2.75, 3.05) is 6.61 Å². The lowest BCUT2D eigenvalue weighted by Gasteiger charge is -2.16. The van der Waals surface area contributed by atoms with E-state index in [0.717, 1.165) is 10.5 Å². The Morgan fingerprint density at radius 1 is 1.44 bits per heavy atom. The molecular weight excluding hydrogens is 230 g/mol. The Morgan fingerprint density at radius 3 is 2.83 bits per heavy atom. The Hall–Kier alpha value is -2.28. The van der Waals surface area contributed by atoms with Gasteiger partial charge in [-0.1, -0.05) is 36.3 Å². The molecule has 1 saturated heterocycles. The summed E-state index contributed by atoms with van der Waals surface area (Å²) in [6.45, 7) is 1.79. The summed E-state index contributed by atoms with van der Waals surface area (Å²) in [4.78, 5) is 24.3. The second-order valence-electron chi connectivity index (χ2n) is 3.97. The normalized spacial score (nSPS) is 17.9. The van der Waals surface area contributed by atoms with Gasteiger partial charge in [0.05, 0.1) is 6.04 Å². The first-order chi connectivity index (χ1) is 8.72. The monoisotopic (exact) mass is 243 g/mol. The third kappa shape index (κ3) is 2.51. The zero-order chi connectivity index (χ0) is 13.0. The third-order valence-electron chi connectivity index (χ3n) is 2.73. The smallest absolute Gasteiger partial charge is 0.417 e. The quantitative estimate of drug-likeness (QED) is 0.741. The number of hydrogen-bond donors (Lipinski definition) is 0. The van der Waals surface area contributed by atoms with Gasteiger partial charge in [-0.15, -0.1) is 0 Å². The van der Waals surface area contributed by atoms with E-state index in [1.54, 1.807) is 6.92 Å². The van der Waals surface area contributed by atoms with Gasteiger partial charge in [0.15, 0.2) is 0 Å². The summed E-state index contributed by atoms with van der Waals surface area (Å²) in [5.74, 6) is 4.37. The van der Waals surface area contributed by atoms with Gasteiger partial charge in [-0.2, -0.15) is 0 Å². The molecule has 0 bridgehead atoms. The van der Waals surface area contributed by atoms with Gasteiger partial charge in [-0.05, 0) is 24.8 Å². The van der Waals surface area contributed by atoms with Gasteiger partial charge in [0.1, 0.15) is 6.61 Å². The molecule has 92 valence electrons. The fourth-order valence-corrected chi connectivity index (χ4v) is 1.91. The Labute approximate surface area is 106 Å². The molecule has 2 rings (SSSR count). The van der Waals surface area contributed by atoms with E-state index in [1.165, 1.54) is 0 Å². The average Bonchev–Trinajstić information content (AvgIpc) is 2.72. The van der Waals surface area contributed by atoms with Crippen LogP contribution in [0.1, 0.15) is 12.5 Å². The van der Waals surface area contributed by atoms with Gasteiger partial charge in [-0.25, -0.2) is 9.69 Å².